The van der Waals surface area contributed by atoms with Gasteiger partial charge in [0.1, 0.15) is 0 Å². The van der Waals surface area contributed by atoms with Crippen LogP contribution in [-0.2, 0) is 4.79 Å². The van der Waals surface area contributed by atoms with Crippen LogP contribution >= 0.6 is 0 Å². The lowest BCUT2D eigenvalue weighted by molar-refractivity contribution is -0.116. The molecule has 120 valence electrons. The van der Waals surface area contributed by atoms with Crippen LogP contribution in [0.3, 0.4) is 0 Å². The summed E-state index contributed by atoms with van der Waals surface area (Å²) in [6, 6.07) is 11.5. The molecule has 3 nitrogen and oxygen atoms in total. The fourth-order valence-electron chi connectivity index (χ4n) is 2.45. The Kier molecular flexibility index (Phi) is 5.32. The Bertz CT molecular complexity index is 747. The Morgan fingerprint density at radius 3 is 2.22 bits per heavy atom. The minimum atomic E-state index is -0.130. The van der Waals surface area contributed by atoms with Crippen LogP contribution in [0.2, 0.25) is 0 Å². The summed E-state index contributed by atoms with van der Waals surface area (Å²) in [5.74, 6) is -0.127. The highest BCUT2D eigenvalue weighted by atomic mass is 16.2. The van der Waals surface area contributed by atoms with Crippen molar-refractivity contribution >= 4 is 17.4 Å². The number of rotatable bonds is 5. The van der Waals surface area contributed by atoms with Crippen LogP contribution in [0.25, 0.3) is 0 Å². The van der Waals surface area contributed by atoms with Gasteiger partial charge in [-0.25, -0.2) is 0 Å². The number of carbonyl (C=O) groups excluding carboxylic acids is 2. The van der Waals surface area contributed by atoms with Crippen LogP contribution in [0, 0.1) is 27.7 Å². The first kappa shape index (κ1) is 16.9. The summed E-state index contributed by atoms with van der Waals surface area (Å²) in [5, 5.41) is 2.87. The van der Waals surface area contributed by atoms with E-state index in [9.17, 15) is 9.59 Å². The van der Waals surface area contributed by atoms with Crippen molar-refractivity contribution in [3.8, 4) is 0 Å². The summed E-state index contributed by atoms with van der Waals surface area (Å²) in [4.78, 5) is 24.2. The summed E-state index contributed by atoms with van der Waals surface area (Å²) < 4.78 is 0. The number of anilines is 1. The second kappa shape index (κ2) is 7.23. The standard InChI is InChI=1S/C20H23NO2/c1-13-5-8-18(16(4)11-13)21-20(23)10-9-19(22)17-7-6-14(2)15(3)12-17/h5-8,11-12H,9-10H2,1-4H3,(H,21,23). The van der Waals surface area contributed by atoms with Crippen molar-refractivity contribution in [2.75, 3.05) is 5.32 Å². The topological polar surface area (TPSA) is 46.2 Å². The second-order valence-corrected chi connectivity index (χ2v) is 6.09. The van der Waals surface area contributed by atoms with E-state index in [1.807, 2.05) is 64.1 Å². The van der Waals surface area contributed by atoms with Gasteiger partial charge < -0.3 is 5.32 Å². The Morgan fingerprint density at radius 2 is 1.57 bits per heavy atom. The molecule has 2 aromatic rings. The van der Waals surface area contributed by atoms with Gasteiger partial charge in [0.25, 0.3) is 0 Å². The number of carbonyl (C=O) groups is 2. The van der Waals surface area contributed by atoms with Crippen LogP contribution in [-0.4, -0.2) is 11.7 Å². The lowest BCUT2D eigenvalue weighted by Crippen LogP contribution is -2.14. The molecule has 23 heavy (non-hydrogen) atoms. The van der Waals surface area contributed by atoms with Crippen LogP contribution in [0.15, 0.2) is 36.4 Å². The van der Waals surface area contributed by atoms with Crippen LogP contribution in [0.5, 0.6) is 0 Å². The van der Waals surface area contributed by atoms with E-state index in [0.717, 1.165) is 27.9 Å². The molecule has 0 radical (unpaired) electrons. The van der Waals surface area contributed by atoms with Gasteiger partial charge in [-0.3, -0.25) is 9.59 Å². The minimum absolute atomic E-state index is 0.00359. The van der Waals surface area contributed by atoms with Crippen molar-refractivity contribution in [1.29, 1.82) is 0 Å². The van der Waals surface area contributed by atoms with E-state index in [4.69, 9.17) is 0 Å². The Labute approximate surface area is 137 Å². The first-order valence-electron chi connectivity index (χ1n) is 7.84. The number of hydrogen-bond donors (Lipinski definition) is 1. The highest BCUT2D eigenvalue weighted by Gasteiger charge is 2.11. The average molecular weight is 309 g/mol. The third-order valence-electron chi connectivity index (χ3n) is 4.06. The molecular formula is C20H23NO2. The maximum absolute atomic E-state index is 12.2. The largest absolute Gasteiger partial charge is 0.326 e. The molecule has 0 fully saturated rings. The van der Waals surface area contributed by atoms with Gasteiger partial charge in [-0.15, -0.1) is 0 Å². The average Bonchev–Trinajstić information content (AvgIpc) is 2.50. The van der Waals surface area contributed by atoms with Crippen molar-refractivity contribution in [1.82, 2.24) is 0 Å². The Hall–Kier alpha value is -2.42. The lowest BCUT2D eigenvalue weighted by Gasteiger charge is -2.09. The summed E-state index contributed by atoms with van der Waals surface area (Å²) in [5.41, 5.74) is 5.92. The van der Waals surface area contributed by atoms with E-state index in [-0.39, 0.29) is 24.5 Å². The van der Waals surface area contributed by atoms with Crippen LogP contribution in [0.4, 0.5) is 5.69 Å². The van der Waals surface area contributed by atoms with E-state index in [1.165, 1.54) is 0 Å². The predicted octanol–water partition coefficient (Wildman–Crippen LogP) is 4.52. The number of Topliss-reactive ketones (excluding diaryl/α,β-unsaturated/α-hetero) is 1. The molecule has 0 aromatic heterocycles. The van der Waals surface area contributed by atoms with Gasteiger partial charge in [-0.05, 0) is 56.5 Å². The van der Waals surface area contributed by atoms with E-state index in [0.29, 0.717) is 5.56 Å². The molecule has 0 aliphatic rings. The van der Waals surface area contributed by atoms with Gasteiger partial charge in [-0.2, -0.15) is 0 Å². The molecule has 1 N–H and O–H groups in total. The molecule has 2 aromatic carbocycles. The normalized spacial score (nSPS) is 10.4. The highest BCUT2D eigenvalue weighted by molar-refractivity contribution is 6.00. The van der Waals surface area contributed by atoms with E-state index < -0.39 is 0 Å². The van der Waals surface area contributed by atoms with Crippen molar-refractivity contribution < 1.29 is 9.59 Å². The van der Waals surface area contributed by atoms with E-state index in [2.05, 4.69) is 5.32 Å². The third kappa shape index (κ3) is 4.52. The molecule has 0 aliphatic heterocycles. The molecule has 0 heterocycles. The van der Waals surface area contributed by atoms with Gasteiger partial charge >= 0.3 is 0 Å². The van der Waals surface area contributed by atoms with Crippen molar-refractivity contribution in [3.63, 3.8) is 0 Å². The van der Waals surface area contributed by atoms with Crippen molar-refractivity contribution in [2.24, 2.45) is 0 Å². The zero-order chi connectivity index (χ0) is 17.0. The number of aryl methyl sites for hydroxylation is 4. The minimum Gasteiger partial charge on any atom is -0.326 e. The van der Waals surface area contributed by atoms with Gasteiger partial charge in [0, 0.05) is 24.1 Å². The maximum atomic E-state index is 12.2. The van der Waals surface area contributed by atoms with Crippen molar-refractivity contribution in [2.45, 2.75) is 40.5 Å². The molecule has 0 unspecified atom stereocenters. The number of amides is 1. The first-order chi connectivity index (χ1) is 10.9. The number of hydrogen-bond acceptors (Lipinski definition) is 2. The zero-order valence-corrected chi connectivity index (χ0v) is 14.2. The molecule has 0 saturated heterocycles. The monoisotopic (exact) mass is 309 g/mol. The van der Waals surface area contributed by atoms with Crippen molar-refractivity contribution in [3.05, 3.63) is 64.2 Å². The van der Waals surface area contributed by atoms with Gasteiger partial charge in [0.2, 0.25) is 5.91 Å². The third-order valence-corrected chi connectivity index (χ3v) is 4.06. The predicted molar refractivity (Wildman–Crippen MR) is 94.0 cm³/mol. The Morgan fingerprint density at radius 1 is 0.826 bits per heavy atom. The SMILES string of the molecule is Cc1ccc(NC(=O)CCC(=O)c2ccc(C)c(C)c2)c(C)c1. The number of benzene rings is 2. The van der Waals surface area contributed by atoms with Gasteiger partial charge in [0.05, 0.1) is 0 Å². The number of ketones is 1. The summed E-state index contributed by atoms with van der Waals surface area (Å²) in [6.45, 7) is 7.98. The molecule has 0 atom stereocenters. The molecule has 0 bridgehead atoms. The molecule has 0 saturated carbocycles. The molecule has 2 rings (SSSR count). The van der Waals surface area contributed by atoms with E-state index in [1.54, 1.807) is 0 Å². The maximum Gasteiger partial charge on any atom is 0.224 e. The number of nitrogens with one attached hydrogen (secondary N) is 1. The molecule has 1 amide bonds. The second-order valence-electron chi connectivity index (χ2n) is 6.09. The molecular weight excluding hydrogens is 286 g/mol. The summed E-state index contributed by atoms with van der Waals surface area (Å²) in [7, 11) is 0. The Balaban J connectivity index is 1.93. The highest BCUT2D eigenvalue weighted by Crippen LogP contribution is 2.17. The summed E-state index contributed by atoms with van der Waals surface area (Å²) in [6.07, 6.45) is 0.415. The molecule has 0 spiro atoms. The summed E-state index contributed by atoms with van der Waals surface area (Å²) >= 11 is 0. The molecule has 0 aliphatic carbocycles. The fourth-order valence-corrected chi connectivity index (χ4v) is 2.45. The van der Waals surface area contributed by atoms with Gasteiger partial charge in [0.15, 0.2) is 5.78 Å². The zero-order valence-electron chi connectivity index (χ0n) is 14.2. The van der Waals surface area contributed by atoms with Crippen LogP contribution < -0.4 is 5.32 Å². The smallest absolute Gasteiger partial charge is 0.224 e. The van der Waals surface area contributed by atoms with Crippen LogP contribution in [0.1, 0.15) is 45.5 Å². The lowest BCUT2D eigenvalue weighted by atomic mass is 10.0. The first-order valence-corrected chi connectivity index (χ1v) is 7.84. The fraction of sp³-hybridized carbons (Fsp3) is 0.300. The van der Waals surface area contributed by atoms with E-state index >= 15 is 0 Å². The molecule has 3 heteroatoms. The quantitative estimate of drug-likeness (QED) is 0.825. The van der Waals surface area contributed by atoms with Gasteiger partial charge in [-0.1, -0.05) is 29.8 Å².